The number of terminal acetylenes is 1. The summed E-state index contributed by atoms with van der Waals surface area (Å²) in [5.74, 6) is 2.40. The topological polar surface area (TPSA) is 12.0 Å². The van der Waals surface area contributed by atoms with Crippen LogP contribution < -0.4 is 5.32 Å². The van der Waals surface area contributed by atoms with Gasteiger partial charge < -0.3 is 5.32 Å². The first kappa shape index (κ1) is 11.7. The van der Waals surface area contributed by atoms with E-state index in [1.54, 1.807) is 6.07 Å². The molecule has 15 heavy (non-hydrogen) atoms. The van der Waals surface area contributed by atoms with Crippen molar-refractivity contribution >= 4 is 0 Å². The molecule has 0 aliphatic heterocycles. The van der Waals surface area contributed by atoms with Gasteiger partial charge in [0.25, 0.3) is 0 Å². The molecule has 1 N–H and O–H groups in total. The van der Waals surface area contributed by atoms with Gasteiger partial charge in [-0.05, 0) is 12.5 Å². The molecule has 0 aliphatic carbocycles. The highest BCUT2D eigenvalue weighted by atomic mass is 19.1. The van der Waals surface area contributed by atoms with E-state index < -0.39 is 0 Å². The quantitative estimate of drug-likeness (QED) is 0.575. The minimum absolute atomic E-state index is 0.0551. The van der Waals surface area contributed by atoms with Gasteiger partial charge in [-0.3, -0.25) is 0 Å². The SMILES string of the molecule is C#CCCNC(CC)c1ccccc1F. The normalized spacial score (nSPS) is 12.1. The van der Waals surface area contributed by atoms with E-state index in [1.165, 1.54) is 6.07 Å². The lowest BCUT2D eigenvalue weighted by Gasteiger charge is -2.17. The van der Waals surface area contributed by atoms with Gasteiger partial charge in [0, 0.05) is 24.6 Å². The van der Waals surface area contributed by atoms with Crippen LogP contribution in [0, 0.1) is 18.2 Å². The molecule has 0 spiro atoms. The Morgan fingerprint density at radius 1 is 1.47 bits per heavy atom. The largest absolute Gasteiger partial charge is 0.309 e. The van der Waals surface area contributed by atoms with Crippen LogP contribution in [0.3, 0.4) is 0 Å². The molecular formula is C13H16FN. The maximum atomic E-state index is 13.5. The Balaban J connectivity index is 2.66. The van der Waals surface area contributed by atoms with Crippen LogP contribution >= 0.6 is 0 Å². The molecule has 0 heterocycles. The Kier molecular flexibility index (Phi) is 4.86. The van der Waals surface area contributed by atoms with E-state index in [0.29, 0.717) is 6.42 Å². The smallest absolute Gasteiger partial charge is 0.127 e. The van der Waals surface area contributed by atoms with E-state index in [1.807, 2.05) is 19.1 Å². The first-order valence-corrected chi connectivity index (χ1v) is 5.20. The molecule has 0 aromatic heterocycles. The number of hydrogen-bond donors (Lipinski definition) is 1. The molecule has 0 fully saturated rings. The molecule has 1 nitrogen and oxygen atoms in total. The lowest BCUT2D eigenvalue weighted by Crippen LogP contribution is -2.22. The lowest BCUT2D eigenvalue weighted by molar-refractivity contribution is 0.495. The average molecular weight is 205 g/mol. The lowest BCUT2D eigenvalue weighted by atomic mass is 10.0. The summed E-state index contributed by atoms with van der Waals surface area (Å²) in [6.07, 6.45) is 6.68. The fourth-order valence-corrected chi connectivity index (χ4v) is 1.55. The van der Waals surface area contributed by atoms with Gasteiger partial charge >= 0.3 is 0 Å². The zero-order chi connectivity index (χ0) is 11.1. The van der Waals surface area contributed by atoms with E-state index in [0.717, 1.165) is 18.5 Å². The molecule has 2 heteroatoms. The highest BCUT2D eigenvalue weighted by Gasteiger charge is 2.11. The van der Waals surface area contributed by atoms with Crippen LogP contribution in [-0.4, -0.2) is 6.54 Å². The van der Waals surface area contributed by atoms with Crippen LogP contribution in [-0.2, 0) is 0 Å². The maximum absolute atomic E-state index is 13.5. The van der Waals surface area contributed by atoms with Crippen molar-refractivity contribution in [2.75, 3.05) is 6.54 Å². The standard InChI is InChI=1S/C13H16FN/c1-3-5-10-15-13(4-2)11-8-6-7-9-12(11)14/h1,6-9,13,15H,4-5,10H2,2H3. The molecule has 1 aromatic carbocycles. The van der Waals surface area contributed by atoms with E-state index in [9.17, 15) is 4.39 Å². The van der Waals surface area contributed by atoms with E-state index in [-0.39, 0.29) is 11.9 Å². The van der Waals surface area contributed by atoms with Crippen LogP contribution in [0.15, 0.2) is 24.3 Å². The zero-order valence-corrected chi connectivity index (χ0v) is 8.96. The van der Waals surface area contributed by atoms with Crippen LogP contribution in [0.25, 0.3) is 0 Å². The van der Waals surface area contributed by atoms with Crippen molar-refractivity contribution in [1.82, 2.24) is 5.32 Å². The fraction of sp³-hybridized carbons (Fsp3) is 0.385. The van der Waals surface area contributed by atoms with Crippen molar-refractivity contribution in [2.45, 2.75) is 25.8 Å². The highest BCUT2D eigenvalue weighted by Crippen LogP contribution is 2.19. The van der Waals surface area contributed by atoms with E-state index in [2.05, 4.69) is 11.2 Å². The maximum Gasteiger partial charge on any atom is 0.127 e. The van der Waals surface area contributed by atoms with Crippen molar-refractivity contribution in [3.8, 4) is 12.3 Å². The summed E-state index contributed by atoms with van der Waals surface area (Å²) in [6.45, 7) is 2.75. The van der Waals surface area contributed by atoms with Crippen molar-refractivity contribution in [1.29, 1.82) is 0 Å². The molecule has 1 unspecified atom stereocenters. The number of hydrogen-bond acceptors (Lipinski definition) is 1. The third-order valence-corrected chi connectivity index (χ3v) is 2.35. The van der Waals surface area contributed by atoms with Gasteiger partial charge in [0.2, 0.25) is 0 Å². The summed E-state index contributed by atoms with van der Waals surface area (Å²) < 4.78 is 13.5. The van der Waals surface area contributed by atoms with Gasteiger partial charge in [0.15, 0.2) is 0 Å². The van der Waals surface area contributed by atoms with Crippen LogP contribution in [0.2, 0.25) is 0 Å². The molecule has 80 valence electrons. The highest BCUT2D eigenvalue weighted by molar-refractivity contribution is 5.21. The predicted molar refractivity (Wildman–Crippen MR) is 60.9 cm³/mol. The zero-order valence-electron chi connectivity index (χ0n) is 8.96. The summed E-state index contributed by atoms with van der Waals surface area (Å²) in [5, 5.41) is 3.24. The Morgan fingerprint density at radius 3 is 2.80 bits per heavy atom. The second-order valence-corrected chi connectivity index (χ2v) is 3.39. The van der Waals surface area contributed by atoms with Gasteiger partial charge in [0.1, 0.15) is 5.82 Å². The van der Waals surface area contributed by atoms with Crippen molar-refractivity contribution < 1.29 is 4.39 Å². The van der Waals surface area contributed by atoms with Crippen molar-refractivity contribution in [3.05, 3.63) is 35.6 Å². The van der Waals surface area contributed by atoms with Gasteiger partial charge in [-0.1, -0.05) is 25.1 Å². The van der Waals surface area contributed by atoms with Crippen molar-refractivity contribution in [2.24, 2.45) is 0 Å². The molecule has 0 amide bonds. The second-order valence-electron chi connectivity index (χ2n) is 3.39. The van der Waals surface area contributed by atoms with Crippen LogP contribution in [0.5, 0.6) is 0 Å². The average Bonchev–Trinajstić information content (AvgIpc) is 2.26. The van der Waals surface area contributed by atoms with Crippen LogP contribution in [0.1, 0.15) is 31.4 Å². The number of rotatable bonds is 5. The minimum atomic E-state index is -0.155. The predicted octanol–water partition coefficient (Wildman–Crippen LogP) is 2.89. The Hall–Kier alpha value is -1.33. The van der Waals surface area contributed by atoms with Crippen LogP contribution in [0.4, 0.5) is 4.39 Å². The molecule has 0 aliphatic rings. The summed E-state index contributed by atoms with van der Waals surface area (Å²) in [4.78, 5) is 0. The number of benzene rings is 1. The molecule has 0 radical (unpaired) electrons. The fourth-order valence-electron chi connectivity index (χ4n) is 1.55. The van der Waals surface area contributed by atoms with Gasteiger partial charge in [-0.15, -0.1) is 12.3 Å². The molecule has 0 bridgehead atoms. The monoisotopic (exact) mass is 205 g/mol. The summed E-state index contributed by atoms with van der Waals surface area (Å²) in [5.41, 5.74) is 0.719. The van der Waals surface area contributed by atoms with Gasteiger partial charge in [-0.2, -0.15) is 0 Å². The number of halogens is 1. The first-order chi connectivity index (χ1) is 7.29. The summed E-state index contributed by atoms with van der Waals surface area (Å²) in [7, 11) is 0. The third kappa shape index (κ3) is 3.38. The molecule has 0 saturated heterocycles. The first-order valence-electron chi connectivity index (χ1n) is 5.20. The minimum Gasteiger partial charge on any atom is -0.309 e. The molecule has 0 saturated carbocycles. The van der Waals surface area contributed by atoms with E-state index in [4.69, 9.17) is 6.42 Å². The third-order valence-electron chi connectivity index (χ3n) is 2.35. The molecule has 1 atom stereocenters. The van der Waals surface area contributed by atoms with Crippen molar-refractivity contribution in [3.63, 3.8) is 0 Å². The Morgan fingerprint density at radius 2 is 2.20 bits per heavy atom. The summed E-state index contributed by atoms with van der Waals surface area (Å²) >= 11 is 0. The van der Waals surface area contributed by atoms with Gasteiger partial charge in [0.05, 0.1) is 0 Å². The second kappa shape index (κ2) is 6.21. The molecular weight excluding hydrogens is 189 g/mol. The van der Waals surface area contributed by atoms with Gasteiger partial charge in [-0.25, -0.2) is 4.39 Å². The Labute approximate surface area is 90.7 Å². The molecule has 1 aromatic rings. The number of nitrogens with one attached hydrogen (secondary N) is 1. The Bertz CT molecular complexity index is 341. The molecule has 1 rings (SSSR count). The summed E-state index contributed by atoms with van der Waals surface area (Å²) in [6, 6.07) is 6.91. The van der Waals surface area contributed by atoms with E-state index >= 15 is 0 Å².